The van der Waals surface area contributed by atoms with E-state index in [-0.39, 0.29) is 5.60 Å². The van der Waals surface area contributed by atoms with E-state index in [1.807, 2.05) is 0 Å². The summed E-state index contributed by atoms with van der Waals surface area (Å²) in [6.07, 6.45) is 5.24. The molecule has 1 aromatic rings. The van der Waals surface area contributed by atoms with E-state index in [0.717, 1.165) is 44.5 Å². The number of benzene rings is 1. The van der Waals surface area contributed by atoms with Gasteiger partial charge in [-0.3, -0.25) is 0 Å². The Kier molecular flexibility index (Phi) is 6.42. The molecule has 0 radical (unpaired) electrons. The number of nitrogens with zero attached hydrogens (tertiary/aromatic N) is 2. The lowest BCUT2D eigenvalue weighted by Crippen LogP contribution is -2.43. The van der Waals surface area contributed by atoms with E-state index >= 15 is 0 Å². The van der Waals surface area contributed by atoms with Gasteiger partial charge in [-0.15, -0.1) is 0 Å². The average molecular weight is 409 g/mol. The van der Waals surface area contributed by atoms with Gasteiger partial charge in [0.25, 0.3) is 0 Å². The van der Waals surface area contributed by atoms with Crippen molar-refractivity contribution in [2.45, 2.75) is 65.0 Å². The molecule has 5 nitrogen and oxygen atoms in total. The first kappa shape index (κ1) is 21.6. The fraction of sp³-hybridized carbons (Fsp3) is 0.727. The summed E-state index contributed by atoms with van der Waals surface area (Å²) in [6, 6.07) is 7.11. The summed E-state index contributed by atoms with van der Waals surface area (Å²) in [5.41, 5.74) is 2.60. The lowest BCUT2D eigenvalue weighted by Gasteiger charge is -2.36. The van der Waals surface area contributed by atoms with Crippen LogP contribution in [0.15, 0.2) is 18.2 Å². The van der Waals surface area contributed by atoms with E-state index in [2.05, 4.69) is 50.8 Å². The quantitative estimate of drug-likeness (QED) is 0.694. The Morgan fingerprint density at radius 1 is 1.29 bits per heavy atom. The molecule has 0 bridgehead atoms. The summed E-state index contributed by atoms with van der Waals surface area (Å²) in [6.45, 7) is 12.2. The Labute approximate surface area is 171 Å². The number of hydrogen-bond acceptors (Lipinski definition) is 4. The number of fused-ring (bicyclic) bond motifs is 1. The molecule has 28 heavy (non-hydrogen) atoms. The fourth-order valence-corrected chi connectivity index (χ4v) is 5.51. The normalized spacial score (nSPS) is 21.5. The molecule has 0 spiro atoms. The van der Waals surface area contributed by atoms with Gasteiger partial charge in [0, 0.05) is 32.1 Å². The minimum absolute atomic E-state index is 0.0944. The Balaban J connectivity index is 1.56. The molecule has 2 heterocycles. The highest BCUT2D eigenvalue weighted by molar-refractivity contribution is 7.88. The first-order valence-electron chi connectivity index (χ1n) is 10.6. The van der Waals surface area contributed by atoms with Crippen LogP contribution in [0.4, 0.5) is 0 Å². The van der Waals surface area contributed by atoms with Crippen LogP contribution in [0.5, 0.6) is 5.75 Å². The molecule has 0 saturated carbocycles. The van der Waals surface area contributed by atoms with Crippen molar-refractivity contribution >= 4 is 10.0 Å². The maximum absolute atomic E-state index is 11.7. The molecule has 158 valence electrons. The monoisotopic (exact) mass is 408 g/mol. The van der Waals surface area contributed by atoms with Gasteiger partial charge in [-0.25, -0.2) is 12.7 Å². The zero-order valence-electron chi connectivity index (χ0n) is 18.1. The first-order valence-corrected chi connectivity index (χ1v) is 12.4. The molecule has 1 aromatic carbocycles. The third-order valence-electron chi connectivity index (χ3n) is 6.22. The van der Waals surface area contributed by atoms with Crippen molar-refractivity contribution in [2.24, 2.45) is 5.92 Å². The molecule has 1 saturated heterocycles. The second-order valence-electron chi connectivity index (χ2n) is 9.23. The topological polar surface area (TPSA) is 49.9 Å². The van der Waals surface area contributed by atoms with Crippen molar-refractivity contribution in [3.63, 3.8) is 0 Å². The average Bonchev–Trinajstić information content (AvgIpc) is 2.92. The minimum atomic E-state index is -3.04. The molecule has 2 aliphatic rings. The third-order valence-corrected chi connectivity index (χ3v) is 7.53. The Morgan fingerprint density at radius 3 is 2.57 bits per heavy atom. The zero-order chi connectivity index (χ0) is 20.5. The number of ether oxygens (including phenoxy) is 1. The number of piperidine rings is 1. The molecule has 3 rings (SSSR count). The Morgan fingerprint density at radius 2 is 1.96 bits per heavy atom. The Bertz CT molecular complexity index is 783. The van der Waals surface area contributed by atoms with Gasteiger partial charge in [0.1, 0.15) is 11.4 Å². The maximum Gasteiger partial charge on any atom is 0.211 e. The van der Waals surface area contributed by atoms with Crippen LogP contribution in [0, 0.1) is 5.92 Å². The van der Waals surface area contributed by atoms with Gasteiger partial charge in [0.05, 0.1) is 6.26 Å². The smallest absolute Gasteiger partial charge is 0.211 e. The molecule has 0 aromatic heterocycles. The van der Waals surface area contributed by atoms with Crippen molar-refractivity contribution in [3.05, 3.63) is 29.3 Å². The van der Waals surface area contributed by atoms with E-state index in [1.165, 1.54) is 17.4 Å². The van der Waals surface area contributed by atoms with Crippen molar-refractivity contribution in [1.82, 2.24) is 9.21 Å². The largest absolute Gasteiger partial charge is 0.487 e. The third kappa shape index (κ3) is 5.28. The highest BCUT2D eigenvalue weighted by Gasteiger charge is 2.30. The van der Waals surface area contributed by atoms with Crippen LogP contribution in [0.1, 0.15) is 51.7 Å². The summed E-state index contributed by atoms with van der Waals surface area (Å²) >= 11 is 0. The number of rotatable bonds is 7. The van der Waals surface area contributed by atoms with Crippen LogP contribution < -0.4 is 4.74 Å². The summed E-state index contributed by atoms with van der Waals surface area (Å²) in [5, 5.41) is 0. The summed E-state index contributed by atoms with van der Waals surface area (Å²) < 4.78 is 31.0. The number of hydrogen-bond donors (Lipinski definition) is 0. The molecular weight excluding hydrogens is 372 g/mol. The predicted octanol–water partition coefficient (Wildman–Crippen LogP) is 3.32. The molecular formula is C22H36N2O3S. The van der Waals surface area contributed by atoms with Gasteiger partial charge in [0.15, 0.2) is 0 Å². The van der Waals surface area contributed by atoms with E-state index in [0.29, 0.717) is 25.0 Å². The van der Waals surface area contributed by atoms with Crippen LogP contribution in [-0.4, -0.2) is 61.7 Å². The molecule has 0 aliphatic carbocycles. The van der Waals surface area contributed by atoms with Crippen LogP contribution >= 0.6 is 0 Å². The molecule has 0 N–H and O–H groups in total. The van der Waals surface area contributed by atoms with Gasteiger partial charge in [-0.1, -0.05) is 19.1 Å². The van der Waals surface area contributed by atoms with Crippen molar-refractivity contribution in [3.8, 4) is 5.75 Å². The molecule has 2 aliphatic heterocycles. The summed E-state index contributed by atoms with van der Waals surface area (Å²) in [4.78, 5) is 2.55. The van der Waals surface area contributed by atoms with Crippen LogP contribution in [0.25, 0.3) is 0 Å². The molecule has 1 fully saturated rings. The second kappa shape index (κ2) is 8.33. The predicted molar refractivity (Wildman–Crippen MR) is 114 cm³/mol. The molecule has 0 amide bonds. The van der Waals surface area contributed by atoms with Crippen molar-refractivity contribution in [2.75, 3.05) is 32.4 Å². The van der Waals surface area contributed by atoms with Crippen molar-refractivity contribution < 1.29 is 13.2 Å². The SMILES string of the molecule is CCN(CC1CCN(S(C)(=O)=O)CC1)C(C)Cc1ccc2c(c1)CC(C)(C)O2. The fourth-order valence-electron chi connectivity index (χ4n) is 4.64. The van der Waals surface area contributed by atoms with Gasteiger partial charge in [0.2, 0.25) is 10.0 Å². The highest BCUT2D eigenvalue weighted by atomic mass is 32.2. The van der Waals surface area contributed by atoms with Gasteiger partial charge in [-0.2, -0.15) is 0 Å². The maximum atomic E-state index is 11.7. The molecule has 1 atom stereocenters. The van der Waals surface area contributed by atoms with E-state index in [4.69, 9.17) is 4.74 Å². The zero-order valence-corrected chi connectivity index (χ0v) is 18.9. The highest BCUT2D eigenvalue weighted by Crippen LogP contribution is 2.35. The van der Waals surface area contributed by atoms with Gasteiger partial charge >= 0.3 is 0 Å². The lowest BCUT2D eigenvalue weighted by molar-refractivity contribution is 0.138. The second-order valence-corrected chi connectivity index (χ2v) is 11.2. The van der Waals surface area contributed by atoms with Crippen molar-refractivity contribution in [1.29, 1.82) is 0 Å². The summed E-state index contributed by atoms with van der Waals surface area (Å²) in [5.74, 6) is 1.61. The molecule has 6 heteroatoms. The summed E-state index contributed by atoms with van der Waals surface area (Å²) in [7, 11) is -3.04. The lowest BCUT2D eigenvalue weighted by atomic mass is 9.95. The van der Waals surface area contributed by atoms with Gasteiger partial charge < -0.3 is 9.64 Å². The van der Waals surface area contributed by atoms with E-state index in [1.54, 1.807) is 4.31 Å². The first-order chi connectivity index (χ1) is 13.1. The van der Waals surface area contributed by atoms with Gasteiger partial charge in [-0.05, 0) is 69.7 Å². The van der Waals surface area contributed by atoms with Crippen LogP contribution in [-0.2, 0) is 22.9 Å². The molecule has 1 unspecified atom stereocenters. The van der Waals surface area contributed by atoms with E-state index < -0.39 is 10.0 Å². The number of sulfonamides is 1. The van der Waals surface area contributed by atoms with Crippen LogP contribution in [0.2, 0.25) is 0 Å². The number of likely N-dealkylation sites (N-methyl/N-ethyl adjacent to an activating group) is 1. The minimum Gasteiger partial charge on any atom is -0.487 e. The van der Waals surface area contributed by atoms with Crippen LogP contribution in [0.3, 0.4) is 0 Å². The van der Waals surface area contributed by atoms with E-state index in [9.17, 15) is 8.42 Å². The standard InChI is InChI=1S/C22H36N2O3S/c1-6-23(16-18-9-11-24(12-10-18)28(5,25)26)17(2)13-19-7-8-21-20(14-19)15-22(3,4)27-21/h7-8,14,17-18H,6,9-13,15-16H2,1-5H3. The Hall–Kier alpha value is -1.11.